The van der Waals surface area contributed by atoms with Crippen LogP contribution in [0.25, 0.3) is 0 Å². The fraction of sp³-hybridized carbons (Fsp3) is 0.500. The lowest BCUT2D eigenvalue weighted by Crippen LogP contribution is -2.55. The average Bonchev–Trinajstić information content (AvgIpc) is 2.62. The van der Waals surface area contributed by atoms with Crippen molar-refractivity contribution in [2.75, 3.05) is 31.7 Å². The van der Waals surface area contributed by atoms with Crippen LogP contribution in [0, 0.1) is 5.41 Å². The van der Waals surface area contributed by atoms with Gasteiger partial charge in [0.15, 0.2) is 0 Å². The highest BCUT2D eigenvalue weighted by Crippen LogP contribution is 2.31. The molecule has 2 heterocycles. The molecule has 0 bridgehead atoms. The second-order valence-electron chi connectivity index (χ2n) is 3.89. The Balaban J connectivity index is 2.04. The summed E-state index contributed by atoms with van der Waals surface area (Å²) >= 11 is 1.61. The average molecular weight is 227 g/mol. The van der Waals surface area contributed by atoms with Crippen LogP contribution in [0.3, 0.4) is 0 Å². The number of hydrogen-bond donors (Lipinski definition) is 1. The van der Waals surface area contributed by atoms with E-state index in [9.17, 15) is 4.79 Å². The molecule has 1 N–H and O–H groups in total. The number of nitrogens with zero attached hydrogens (tertiary/aromatic N) is 1. The highest BCUT2D eigenvalue weighted by atomic mass is 32.1. The maximum Gasteiger partial charge on any atom is 0.316 e. The molecule has 0 radical (unpaired) electrons. The Morgan fingerprint density at radius 2 is 2.47 bits per heavy atom. The zero-order chi connectivity index (χ0) is 10.9. The van der Waals surface area contributed by atoms with Crippen molar-refractivity contribution >= 4 is 22.3 Å². The molecular weight excluding hydrogens is 214 g/mol. The van der Waals surface area contributed by atoms with E-state index in [-0.39, 0.29) is 0 Å². The maximum absolute atomic E-state index is 11.1. The van der Waals surface area contributed by atoms with E-state index in [2.05, 4.69) is 0 Å². The molecule has 15 heavy (non-hydrogen) atoms. The predicted molar refractivity (Wildman–Crippen MR) is 58.5 cm³/mol. The lowest BCUT2D eigenvalue weighted by Gasteiger charge is -2.40. The lowest BCUT2D eigenvalue weighted by molar-refractivity contribution is -0.177. The van der Waals surface area contributed by atoms with Gasteiger partial charge in [0.2, 0.25) is 0 Å². The molecule has 1 saturated heterocycles. The van der Waals surface area contributed by atoms with E-state index >= 15 is 0 Å². The van der Waals surface area contributed by atoms with Crippen molar-refractivity contribution in [2.45, 2.75) is 0 Å². The highest BCUT2D eigenvalue weighted by Gasteiger charge is 2.47. The van der Waals surface area contributed by atoms with Gasteiger partial charge in [0.25, 0.3) is 0 Å². The first kappa shape index (κ1) is 10.4. The van der Waals surface area contributed by atoms with E-state index in [1.54, 1.807) is 11.3 Å². The summed E-state index contributed by atoms with van der Waals surface area (Å²) in [4.78, 5) is 13.1. The first-order chi connectivity index (χ1) is 7.14. The van der Waals surface area contributed by atoms with Gasteiger partial charge in [-0.3, -0.25) is 4.79 Å². The molecule has 82 valence electrons. The molecule has 0 unspecified atom stereocenters. The molecule has 0 atom stereocenters. The fourth-order valence-electron chi connectivity index (χ4n) is 1.65. The first-order valence-electron chi connectivity index (χ1n) is 4.70. The predicted octanol–water partition coefficient (Wildman–Crippen LogP) is 1.29. The van der Waals surface area contributed by atoms with Crippen LogP contribution in [0.5, 0.6) is 0 Å². The molecule has 1 aliphatic rings. The first-order valence-corrected chi connectivity index (χ1v) is 5.58. The molecule has 5 heteroatoms. The van der Waals surface area contributed by atoms with E-state index < -0.39 is 11.4 Å². The number of carboxylic acid groups (broad SMARTS) is 1. The van der Waals surface area contributed by atoms with Crippen LogP contribution >= 0.6 is 11.3 Å². The Kier molecular flexibility index (Phi) is 2.67. The topological polar surface area (TPSA) is 49.8 Å². The van der Waals surface area contributed by atoms with Crippen LogP contribution < -0.4 is 4.90 Å². The summed E-state index contributed by atoms with van der Waals surface area (Å²) in [6.07, 6.45) is 0. The minimum Gasteiger partial charge on any atom is -0.481 e. The van der Waals surface area contributed by atoms with Crippen molar-refractivity contribution in [3.8, 4) is 0 Å². The van der Waals surface area contributed by atoms with E-state index in [4.69, 9.17) is 9.84 Å². The standard InChI is InChI=1S/C10H13NO3S/c1-11(8-3-2-4-15-8)5-10(9(12)13)6-14-7-10/h2-4H,5-7H2,1H3,(H,12,13). The van der Waals surface area contributed by atoms with E-state index in [1.807, 2.05) is 29.5 Å². The second kappa shape index (κ2) is 3.83. The minimum absolute atomic E-state index is 0.318. The molecule has 0 aromatic carbocycles. The van der Waals surface area contributed by atoms with Crippen LogP contribution in [-0.2, 0) is 9.53 Å². The Bertz CT molecular complexity index is 346. The van der Waals surface area contributed by atoms with Crippen molar-refractivity contribution in [2.24, 2.45) is 5.41 Å². The third kappa shape index (κ3) is 1.85. The van der Waals surface area contributed by atoms with Crippen LogP contribution in [0.1, 0.15) is 0 Å². The number of rotatable bonds is 4. The molecular formula is C10H13NO3S. The second-order valence-corrected chi connectivity index (χ2v) is 4.81. The third-order valence-corrected chi connectivity index (χ3v) is 3.62. The number of aliphatic carboxylic acids is 1. The molecule has 1 fully saturated rings. The molecule has 0 amide bonds. The SMILES string of the molecule is CN(CC1(C(=O)O)COC1)c1cccs1. The smallest absolute Gasteiger partial charge is 0.316 e. The number of hydrogen-bond acceptors (Lipinski definition) is 4. The van der Waals surface area contributed by atoms with Gasteiger partial charge in [-0.15, -0.1) is 11.3 Å². The van der Waals surface area contributed by atoms with Gasteiger partial charge in [-0.25, -0.2) is 0 Å². The molecule has 0 aliphatic carbocycles. The Hall–Kier alpha value is -1.07. The Labute approximate surface area is 92.1 Å². The maximum atomic E-state index is 11.1. The fourth-order valence-corrected chi connectivity index (χ4v) is 2.35. The van der Waals surface area contributed by atoms with Crippen molar-refractivity contribution in [3.63, 3.8) is 0 Å². The van der Waals surface area contributed by atoms with Gasteiger partial charge in [0, 0.05) is 13.6 Å². The normalized spacial score (nSPS) is 18.2. The Morgan fingerprint density at radius 1 is 1.73 bits per heavy atom. The number of anilines is 1. The molecule has 0 spiro atoms. The monoisotopic (exact) mass is 227 g/mol. The van der Waals surface area contributed by atoms with Crippen LogP contribution in [0.15, 0.2) is 17.5 Å². The van der Waals surface area contributed by atoms with Gasteiger partial charge in [-0.05, 0) is 17.5 Å². The van der Waals surface area contributed by atoms with Gasteiger partial charge < -0.3 is 14.7 Å². The number of ether oxygens (including phenoxy) is 1. The van der Waals surface area contributed by atoms with Gasteiger partial charge >= 0.3 is 5.97 Å². The quantitative estimate of drug-likeness (QED) is 0.842. The molecule has 1 aromatic rings. The van der Waals surface area contributed by atoms with Gasteiger partial charge in [-0.1, -0.05) is 0 Å². The zero-order valence-electron chi connectivity index (χ0n) is 8.47. The summed E-state index contributed by atoms with van der Waals surface area (Å²) in [5.41, 5.74) is -0.710. The third-order valence-electron chi connectivity index (χ3n) is 2.63. The minimum atomic E-state index is -0.767. The summed E-state index contributed by atoms with van der Waals surface area (Å²) < 4.78 is 5.01. The van der Waals surface area contributed by atoms with E-state index in [0.29, 0.717) is 19.8 Å². The van der Waals surface area contributed by atoms with Gasteiger partial charge in [-0.2, -0.15) is 0 Å². The Morgan fingerprint density at radius 3 is 2.87 bits per heavy atom. The number of carbonyl (C=O) groups is 1. The van der Waals surface area contributed by atoms with E-state index in [0.717, 1.165) is 5.00 Å². The molecule has 1 aromatic heterocycles. The van der Waals surface area contributed by atoms with Crippen LogP contribution in [0.2, 0.25) is 0 Å². The van der Waals surface area contributed by atoms with Gasteiger partial charge in [0.1, 0.15) is 5.41 Å². The number of carboxylic acids is 1. The zero-order valence-corrected chi connectivity index (χ0v) is 9.29. The molecule has 4 nitrogen and oxygen atoms in total. The highest BCUT2D eigenvalue weighted by molar-refractivity contribution is 7.14. The summed E-state index contributed by atoms with van der Waals surface area (Å²) in [7, 11) is 1.91. The molecule has 2 rings (SSSR count). The number of thiophene rings is 1. The molecule has 0 saturated carbocycles. The summed E-state index contributed by atoms with van der Waals surface area (Å²) in [6, 6.07) is 3.95. The van der Waals surface area contributed by atoms with Crippen LogP contribution in [0.4, 0.5) is 5.00 Å². The van der Waals surface area contributed by atoms with Crippen molar-refractivity contribution in [1.82, 2.24) is 0 Å². The van der Waals surface area contributed by atoms with E-state index in [1.165, 1.54) is 0 Å². The summed E-state index contributed by atoms with van der Waals surface area (Å²) in [5.74, 6) is -0.767. The van der Waals surface area contributed by atoms with Gasteiger partial charge in [0.05, 0.1) is 18.2 Å². The van der Waals surface area contributed by atoms with Crippen molar-refractivity contribution < 1.29 is 14.6 Å². The lowest BCUT2D eigenvalue weighted by atomic mass is 9.85. The van der Waals surface area contributed by atoms with Crippen molar-refractivity contribution in [1.29, 1.82) is 0 Å². The summed E-state index contributed by atoms with van der Waals surface area (Å²) in [5, 5.41) is 12.2. The largest absolute Gasteiger partial charge is 0.481 e. The van der Waals surface area contributed by atoms with Crippen molar-refractivity contribution in [3.05, 3.63) is 17.5 Å². The van der Waals surface area contributed by atoms with Crippen LogP contribution in [-0.4, -0.2) is 37.9 Å². The molecule has 1 aliphatic heterocycles. The summed E-state index contributed by atoms with van der Waals surface area (Å²) in [6.45, 7) is 1.14.